The van der Waals surface area contributed by atoms with Crippen molar-refractivity contribution in [2.45, 2.75) is 12.2 Å². The van der Waals surface area contributed by atoms with Crippen molar-refractivity contribution >= 4 is 39.3 Å². The highest BCUT2D eigenvalue weighted by molar-refractivity contribution is 9.10. The van der Waals surface area contributed by atoms with E-state index in [2.05, 4.69) is 22.9 Å². The molecular weight excluding hydrogens is 296 g/mol. The number of hydrogen-bond donors (Lipinski definition) is 0. The van der Waals surface area contributed by atoms with E-state index in [1.807, 2.05) is 36.0 Å². The Balaban J connectivity index is 2.20. The minimum Gasteiger partial charge on any atom is -0.493 e. The number of ether oxygens (including phenoxy) is 1. The van der Waals surface area contributed by atoms with E-state index in [0.29, 0.717) is 11.1 Å². The van der Waals surface area contributed by atoms with Gasteiger partial charge in [0.1, 0.15) is 5.75 Å². The molecule has 0 aliphatic rings. The van der Waals surface area contributed by atoms with Crippen molar-refractivity contribution in [2.24, 2.45) is 0 Å². The van der Waals surface area contributed by atoms with Gasteiger partial charge in [-0.25, -0.2) is 0 Å². The molecule has 0 fully saturated rings. The first kappa shape index (κ1) is 13.2. The zero-order valence-corrected chi connectivity index (χ0v) is 11.7. The van der Waals surface area contributed by atoms with Crippen LogP contribution in [0.4, 0.5) is 0 Å². The SMILES string of the molecule is CC(CCl)SCCOc1cccc(Br)c1. The maximum atomic E-state index is 5.70. The lowest BCUT2D eigenvalue weighted by atomic mass is 10.3. The van der Waals surface area contributed by atoms with Gasteiger partial charge >= 0.3 is 0 Å². The van der Waals surface area contributed by atoms with Gasteiger partial charge in [0.05, 0.1) is 6.61 Å². The summed E-state index contributed by atoms with van der Waals surface area (Å²) < 4.78 is 6.63. The predicted molar refractivity (Wildman–Crippen MR) is 72.3 cm³/mol. The van der Waals surface area contributed by atoms with E-state index in [1.54, 1.807) is 0 Å². The Kier molecular flexibility index (Phi) is 6.53. The molecule has 1 atom stereocenters. The van der Waals surface area contributed by atoms with E-state index >= 15 is 0 Å². The number of rotatable bonds is 6. The second-order valence-corrected chi connectivity index (χ2v) is 5.91. The molecule has 1 aromatic carbocycles. The first-order chi connectivity index (χ1) is 7.22. The van der Waals surface area contributed by atoms with Gasteiger partial charge in [0, 0.05) is 21.4 Å². The Morgan fingerprint density at radius 3 is 3.00 bits per heavy atom. The van der Waals surface area contributed by atoms with Crippen LogP contribution in [0.3, 0.4) is 0 Å². The fraction of sp³-hybridized carbons (Fsp3) is 0.455. The molecule has 1 nitrogen and oxygen atoms in total. The zero-order chi connectivity index (χ0) is 11.1. The molecule has 0 radical (unpaired) electrons. The van der Waals surface area contributed by atoms with Crippen molar-refractivity contribution in [1.29, 1.82) is 0 Å². The van der Waals surface area contributed by atoms with Crippen LogP contribution in [0.25, 0.3) is 0 Å². The van der Waals surface area contributed by atoms with Crippen LogP contribution in [0.5, 0.6) is 5.75 Å². The summed E-state index contributed by atoms with van der Waals surface area (Å²) in [7, 11) is 0. The Morgan fingerprint density at radius 1 is 1.53 bits per heavy atom. The van der Waals surface area contributed by atoms with Crippen molar-refractivity contribution in [3.63, 3.8) is 0 Å². The highest BCUT2D eigenvalue weighted by Gasteiger charge is 2.00. The minimum atomic E-state index is 0.498. The third kappa shape index (κ3) is 5.69. The van der Waals surface area contributed by atoms with Gasteiger partial charge in [-0.15, -0.1) is 11.6 Å². The monoisotopic (exact) mass is 308 g/mol. The molecule has 0 saturated heterocycles. The third-order valence-electron chi connectivity index (χ3n) is 1.77. The van der Waals surface area contributed by atoms with E-state index < -0.39 is 0 Å². The van der Waals surface area contributed by atoms with Crippen LogP contribution in [0.15, 0.2) is 28.7 Å². The van der Waals surface area contributed by atoms with Gasteiger partial charge in [0.2, 0.25) is 0 Å². The highest BCUT2D eigenvalue weighted by atomic mass is 79.9. The first-order valence-electron chi connectivity index (χ1n) is 4.78. The van der Waals surface area contributed by atoms with Gasteiger partial charge in [-0.2, -0.15) is 11.8 Å². The molecule has 0 heterocycles. The molecule has 15 heavy (non-hydrogen) atoms. The Hall–Kier alpha value is 0.140. The van der Waals surface area contributed by atoms with Crippen LogP contribution in [0.1, 0.15) is 6.92 Å². The molecule has 1 rings (SSSR count). The van der Waals surface area contributed by atoms with Crippen LogP contribution in [-0.2, 0) is 0 Å². The molecule has 0 aliphatic heterocycles. The average molecular weight is 310 g/mol. The normalized spacial score (nSPS) is 12.5. The summed E-state index contributed by atoms with van der Waals surface area (Å²) in [6.07, 6.45) is 0. The average Bonchev–Trinajstić information content (AvgIpc) is 2.24. The Morgan fingerprint density at radius 2 is 2.33 bits per heavy atom. The second-order valence-electron chi connectivity index (χ2n) is 3.14. The molecule has 0 N–H and O–H groups in total. The summed E-state index contributed by atoms with van der Waals surface area (Å²) in [5.41, 5.74) is 0. The van der Waals surface area contributed by atoms with Gasteiger partial charge in [-0.05, 0) is 18.2 Å². The Labute approximate surface area is 109 Å². The van der Waals surface area contributed by atoms with Crippen LogP contribution in [0.2, 0.25) is 0 Å². The molecule has 84 valence electrons. The summed E-state index contributed by atoms with van der Waals surface area (Å²) >= 11 is 10.9. The molecule has 4 heteroatoms. The fourth-order valence-electron chi connectivity index (χ4n) is 1.01. The van der Waals surface area contributed by atoms with E-state index in [-0.39, 0.29) is 0 Å². The molecule has 1 aromatic rings. The smallest absolute Gasteiger partial charge is 0.120 e. The fourth-order valence-corrected chi connectivity index (χ4v) is 2.33. The van der Waals surface area contributed by atoms with Crippen molar-refractivity contribution in [3.8, 4) is 5.75 Å². The summed E-state index contributed by atoms with van der Waals surface area (Å²) in [6.45, 7) is 2.85. The van der Waals surface area contributed by atoms with Gasteiger partial charge < -0.3 is 4.74 Å². The number of thioether (sulfide) groups is 1. The number of benzene rings is 1. The molecule has 0 amide bonds. The minimum absolute atomic E-state index is 0.498. The largest absolute Gasteiger partial charge is 0.493 e. The van der Waals surface area contributed by atoms with E-state index in [4.69, 9.17) is 16.3 Å². The lowest BCUT2D eigenvalue weighted by molar-refractivity contribution is 0.343. The van der Waals surface area contributed by atoms with Crippen LogP contribution < -0.4 is 4.74 Å². The van der Waals surface area contributed by atoms with Crippen molar-refractivity contribution < 1.29 is 4.74 Å². The lowest BCUT2D eigenvalue weighted by Crippen LogP contribution is -2.05. The summed E-state index contributed by atoms with van der Waals surface area (Å²) in [5, 5.41) is 0.498. The maximum absolute atomic E-state index is 5.70. The summed E-state index contributed by atoms with van der Waals surface area (Å²) in [5.74, 6) is 2.57. The lowest BCUT2D eigenvalue weighted by Gasteiger charge is -2.08. The van der Waals surface area contributed by atoms with Crippen molar-refractivity contribution in [3.05, 3.63) is 28.7 Å². The molecule has 0 spiro atoms. The quantitative estimate of drug-likeness (QED) is 0.575. The topological polar surface area (TPSA) is 9.23 Å². The van der Waals surface area contributed by atoms with Crippen LogP contribution in [0, 0.1) is 0 Å². The first-order valence-corrected chi connectivity index (χ1v) is 7.16. The molecule has 0 bridgehead atoms. The van der Waals surface area contributed by atoms with Gasteiger partial charge in [0.25, 0.3) is 0 Å². The van der Waals surface area contributed by atoms with Crippen molar-refractivity contribution in [1.82, 2.24) is 0 Å². The van der Waals surface area contributed by atoms with Gasteiger partial charge in [0.15, 0.2) is 0 Å². The second kappa shape index (κ2) is 7.42. The Bertz CT molecular complexity index is 296. The third-order valence-corrected chi connectivity index (χ3v) is 4.05. The molecule has 0 aromatic heterocycles. The zero-order valence-electron chi connectivity index (χ0n) is 8.58. The summed E-state index contributed by atoms with van der Waals surface area (Å²) in [6, 6.07) is 7.88. The summed E-state index contributed by atoms with van der Waals surface area (Å²) in [4.78, 5) is 0. The van der Waals surface area contributed by atoms with E-state index in [0.717, 1.165) is 22.6 Å². The van der Waals surface area contributed by atoms with E-state index in [9.17, 15) is 0 Å². The molecule has 0 aliphatic carbocycles. The van der Waals surface area contributed by atoms with Gasteiger partial charge in [-0.3, -0.25) is 0 Å². The van der Waals surface area contributed by atoms with E-state index in [1.165, 1.54) is 0 Å². The van der Waals surface area contributed by atoms with Crippen LogP contribution >= 0.6 is 39.3 Å². The standard InChI is InChI=1S/C11H14BrClOS/c1-9(8-13)15-6-5-14-11-4-2-3-10(12)7-11/h2-4,7,9H,5-6,8H2,1H3. The molecular formula is C11H14BrClOS. The highest BCUT2D eigenvalue weighted by Crippen LogP contribution is 2.18. The van der Waals surface area contributed by atoms with Crippen LogP contribution in [-0.4, -0.2) is 23.5 Å². The molecule has 1 unspecified atom stereocenters. The maximum Gasteiger partial charge on any atom is 0.120 e. The number of halogens is 2. The predicted octanol–water partition coefficient (Wildman–Crippen LogP) is 4.19. The van der Waals surface area contributed by atoms with Crippen molar-refractivity contribution in [2.75, 3.05) is 18.2 Å². The number of alkyl halides is 1. The van der Waals surface area contributed by atoms with Gasteiger partial charge in [-0.1, -0.05) is 28.9 Å². The molecule has 0 saturated carbocycles. The number of hydrogen-bond acceptors (Lipinski definition) is 2.